The molecule has 0 aliphatic rings. The summed E-state index contributed by atoms with van der Waals surface area (Å²) in [4.78, 5) is 10.5. The Morgan fingerprint density at radius 1 is 1.31 bits per heavy atom. The predicted octanol–water partition coefficient (Wildman–Crippen LogP) is 0.656. The highest BCUT2D eigenvalue weighted by Gasteiger charge is 2.01. The van der Waals surface area contributed by atoms with E-state index in [1.165, 1.54) is 0 Å². The number of nitrogens with zero attached hydrogens (tertiary/aromatic N) is 3. The third-order valence-corrected chi connectivity index (χ3v) is 2.42. The van der Waals surface area contributed by atoms with Crippen LogP contribution in [0.1, 0.15) is 19.5 Å². The standard InChI is InChI=1S/C11H20N4O/c1-3-15(4-2)5-6-16-11-9-13-8-10(7-12)14-11/h8-9H,3-7,12H2,1-2H3. The largest absolute Gasteiger partial charge is 0.475 e. The zero-order valence-electron chi connectivity index (χ0n) is 10.0. The van der Waals surface area contributed by atoms with Gasteiger partial charge in [-0.15, -0.1) is 0 Å². The van der Waals surface area contributed by atoms with Crippen molar-refractivity contribution >= 4 is 0 Å². The molecule has 0 aliphatic heterocycles. The van der Waals surface area contributed by atoms with Crippen molar-refractivity contribution in [2.75, 3.05) is 26.2 Å². The van der Waals surface area contributed by atoms with E-state index in [4.69, 9.17) is 10.5 Å². The molecule has 0 fully saturated rings. The highest BCUT2D eigenvalue weighted by molar-refractivity contribution is 5.07. The van der Waals surface area contributed by atoms with Crippen LogP contribution in [0, 0.1) is 0 Å². The van der Waals surface area contributed by atoms with Gasteiger partial charge in [-0.3, -0.25) is 4.98 Å². The second kappa shape index (κ2) is 7.14. The first kappa shape index (κ1) is 12.9. The van der Waals surface area contributed by atoms with Crippen LogP contribution in [0.4, 0.5) is 0 Å². The maximum atomic E-state index is 5.51. The van der Waals surface area contributed by atoms with Gasteiger partial charge in [0.2, 0.25) is 5.88 Å². The van der Waals surface area contributed by atoms with E-state index in [9.17, 15) is 0 Å². The Labute approximate surface area is 96.6 Å². The molecule has 1 rings (SSSR count). The molecule has 90 valence electrons. The van der Waals surface area contributed by atoms with Crippen LogP contribution in [0.15, 0.2) is 12.4 Å². The minimum atomic E-state index is 0.389. The van der Waals surface area contributed by atoms with Crippen LogP contribution < -0.4 is 10.5 Å². The number of rotatable bonds is 7. The Balaban J connectivity index is 2.36. The first-order chi connectivity index (χ1) is 7.80. The summed E-state index contributed by atoms with van der Waals surface area (Å²) in [6.45, 7) is 8.27. The third kappa shape index (κ3) is 4.12. The topological polar surface area (TPSA) is 64.3 Å². The zero-order chi connectivity index (χ0) is 11.8. The van der Waals surface area contributed by atoms with E-state index in [-0.39, 0.29) is 0 Å². The lowest BCUT2D eigenvalue weighted by molar-refractivity contribution is 0.217. The maximum Gasteiger partial charge on any atom is 0.232 e. The molecule has 0 aromatic carbocycles. The molecule has 0 spiro atoms. The number of hydrogen-bond acceptors (Lipinski definition) is 5. The van der Waals surface area contributed by atoms with Gasteiger partial charge in [-0.25, -0.2) is 4.98 Å². The molecule has 1 heterocycles. The molecule has 0 saturated heterocycles. The van der Waals surface area contributed by atoms with Crippen molar-refractivity contribution < 1.29 is 4.74 Å². The zero-order valence-corrected chi connectivity index (χ0v) is 10.0. The summed E-state index contributed by atoms with van der Waals surface area (Å²) >= 11 is 0. The number of nitrogens with two attached hydrogens (primary N) is 1. The van der Waals surface area contributed by atoms with Crippen LogP contribution >= 0.6 is 0 Å². The van der Waals surface area contributed by atoms with Crippen molar-refractivity contribution in [3.63, 3.8) is 0 Å². The van der Waals surface area contributed by atoms with E-state index in [0.29, 0.717) is 19.0 Å². The van der Waals surface area contributed by atoms with E-state index in [1.807, 2.05) is 0 Å². The highest BCUT2D eigenvalue weighted by Crippen LogP contribution is 2.04. The molecule has 0 aliphatic carbocycles. The van der Waals surface area contributed by atoms with E-state index < -0.39 is 0 Å². The van der Waals surface area contributed by atoms with Gasteiger partial charge in [-0.1, -0.05) is 13.8 Å². The van der Waals surface area contributed by atoms with Gasteiger partial charge >= 0.3 is 0 Å². The third-order valence-electron chi connectivity index (χ3n) is 2.42. The van der Waals surface area contributed by atoms with Crippen LogP contribution in [-0.4, -0.2) is 41.1 Å². The average Bonchev–Trinajstić information content (AvgIpc) is 2.35. The minimum Gasteiger partial charge on any atom is -0.475 e. The smallest absolute Gasteiger partial charge is 0.232 e. The quantitative estimate of drug-likeness (QED) is 0.737. The van der Waals surface area contributed by atoms with Gasteiger partial charge in [0, 0.05) is 19.3 Å². The Kier molecular flexibility index (Phi) is 5.74. The van der Waals surface area contributed by atoms with Crippen molar-refractivity contribution in [2.45, 2.75) is 20.4 Å². The van der Waals surface area contributed by atoms with E-state index in [0.717, 1.165) is 25.3 Å². The summed E-state index contributed by atoms with van der Waals surface area (Å²) in [6, 6.07) is 0. The Morgan fingerprint density at radius 3 is 2.69 bits per heavy atom. The number of aromatic nitrogens is 2. The van der Waals surface area contributed by atoms with Gasteiger partial charge in [-0.05, 0) is 13.1 Å². The van der Waals surface area contributed by atoms with E-state index in [2.05, 4.69) is 28.7 Å². The van der Waals surface area contributed by atoms with Crippen LogP contribution in [0.2, 0.25) is 0 Å². The fourth-order valence-electron chi connectivity index (χ4n) is 1.37. The van der Waals surface area contributed by atoms with Gasteiger partial charge < -0.3 is 15.4 Å². The number of hydrogen-bond donors (Lipinski definition) is 1. The molecule has 0 amide bonds. The van der Waals surface area contributed by atoms with Crippen LogP contribution in [0.25, 0.3) is 0 Å². The summed E-state index contributed by atoms with van der Waals surface area (Å²) in [5.41, 5.74) is 6.22. The molecular formula is C11H20N4O. The molecule has 0 bridgehead atoms. The first-order valence-corrected chi connectivity index (χ1v) is 5.66. The molecule has 2 N–H and O–H groups in total. The molecule has 0 atom stereocenters. The van der Waals surface area contributed by atoms with Crippen molar-refractivity contribution in [2.24, 2.45) is 5.73 Å². The minimum absolute atomic E-state index is 0.389. The number of likely N-dealkylation sites (N-methyl/N-ethyl adjacent to an activating group) is 1. The lowest BCUT2D eigenvalue weighted by atomic mass is 10.4. The monoisotopic (exact) mass is 224 g/mol. The van der Waals surface area contributed by atoms with Gasteiger partial charge in [0.05, 0.1) is 11.9 Å². The summed E-state index contributed by atoms with van der Waals surface area (Å²) in [5, 5.41) is 0. The summed E-state index contributed by atoms with van der Waals surface area (Å²) in [5.74, 6) is 0.551. The molecule has 0 radical (unpaired) electrons. The molecule has 0 unspecified atom stereocenters. The Bertz CT molecular complexity index is 302. The second-order valence-corrected chi connectivity index (χ2v) is 3.43. The van der Waals surface area contributed by atoms with Crippen molar-refractivity contribution in [1.29, 1.82) is 0 Å². The lowest BCUT2D eigenvalue weighted by Gasteiger charge is -2.17. The van der Waals surface area contributed by atoms with Crippen LogP contribution in [0.5, 0.6) is 5.88 Å². The molecule has 16 heavy (non-hydrogen) atoms. The summed E-state index contributed by atoms with van der Waals surface area (Å²) in [6.07, 6.45) is 3.26. The summed E-state index contributed by atoms with van der Waals surface area (Å²) in [7, 11) is 0. The number of ether oxygens (including phenoxy) is 1. The normalized spacial score (nSPS) is 10.8. The Hall–Kier alpha value is -1.20. The van der Waals surface area contributed by atoms with Crippen molar-refractivity contribution in [3.05, 3.63) is 18.1 Å². The van der Waals surface area contributed by atoms with Crippen molar-refractivity contribution in [1.82, 2.24) is 14.9 Å². The van der Waals surface area contributed by atoms with Crippen LogP contribution in [-0.2, 0) is 6.54 Å². The lowest BCUT2D eigenvalue weighted by Crippen LogP contribution is -2.28. The van der Waals surface area contributed by atoms with E-state index in [1.54, 1.807) is 12.4 Å². The van der Waals surface area contributed by atoms with Gasteiger partial charge in [0.1, 0.15) is 6.61 Å². The molecule has 5 nitrogen and oxygen atoms in total. The SMILES string of the molecule is CCN(CC)CCOc1cncc(CN)n1. The molecule has 5 heteroatoms. The first-order valence-electron chi connectivity index (χ1n) is 5.66. The second-order valence-electron chi connectivity index (χ2n) is 3.43. The van der Waals surface area contributed by atoms with Crippen molar-refractivity contribution in [3.8, 4) is 5.88 Å². The molecule has 1 aromatic heterocycles. The molecular weight excluding hydrogens is 204 g/mol. The summed E-state index contributed by atoms with van der Waals surface area (Å²) < 4.78 is 5.51. The molecule has 0 saturated carbocycles. The van der Waals surface area contributed by atoms with Gasteiger partial charge in [0.25, 0.3) is 0 Å². The van der Waals surface area contributed by atoms with Crippen LogP contribution in [0.3, 0.4) is 0 Å². The average molecular weight is 224 g/mol. The van der Waals surface area contributed by atoms with E-state index >= 15 is 0 Å². The Morgan fingerprint density at radius 2 is 2.06 bits per heavy atom. The van der Waals surface area contributed by atoms with Gasteiger partial charge in [0.15, 0.2) is 0 Å². The predicted molar refractivity (Wildman–Crippen MR) is 63.2 cm³/mol. The molecule has 1 aromatic rings. The fourth-order valence-corrected chi connectivity index (χ4v) is 1.37. The van der Waals surface area contributed by atoms with Gasteiger partial charge in [-0.2, -0.15) is 0 Å². The highest BCUT2D eigenvalue weighted by atomic mass is 16.5. The maximum absolute atomic E-state index is 5.51. The fraction of sp³-hybridized carbons (Fsp3) is 0.636.